The van der Waals surface area contributed by atoms with E-state index in [1.54, 1.807) is 0 Å². The molecule has 1 radical (unpaired) electrons. The minimum Gasteiger partial charge on any atom is -0.380 e. The molecule has 1 aromatic carbocycles. The normalized spacial score (nSPS) is 15.3. The van der Waals surface area contributed by atoms with Crippen LogP contribution in [0.2, 0.25) is 18.6 Å². The minimum atomic E-state index is -0.203. The molecular weight excluding hydrogens is 334 g/mol. The lowest BCUT2D eigenvalue weighted by Gasteiger charge is -2.31. The molecule has 0 aromatic heterocycles. The zero-order valence-electron chi connectivity index (χ0n) is 17.4. The SMILES string of the molecule is CCCCCCCC(CCOCCN1CCCc2ccccc21)[Si](C)C. The summed E-state index contributed by atoms with van der Waals surface area (Å²) >= 11 is 0. The quantitative estimate of drug-likeness (QED) is 0.295. The van der Waals surface area contributed by atoms with E-state index in [4.69, 9.17) is 4.74 Å². The van der Waals surface area contributed by atoms with Gasteiger partial charge in [-0.25, -0.2) is 0 Å². The number of rotatable bonds is 13. The lowest BCUT2D eigenvalue weighted by molar-refractivity contribution is 0.135. The highest BCUT2D eigenvalue weighted by atomic mass is 28.3. The highest BCUT2D eigenvalue weighted by Crippen LogP contribution is 2.26. The van der Waals surface area contributed by atoms with Gasteiger partial charge in [-0.3, -0.25) is 0 Å². The van der Waals surface area contributed by atoms with E-state index in [9.17, 15) is 0 Å². The molecule has 0 spiro atoms. The number of nitrogens with zero attached hydrogens (tertiary/aromatic N) is 1. The molecule has 3 heteroatoms. The maximum Gasteiger partial charge on any atom is 0.0641 e. The highest BCUT2D eigenvalue weighted by molar-refractivity contribution is 6.57. The first-order valence-electron chi connectivity index (χ1n) is 10.9. The lowest BCUT2D eigenvalue weighted by atomic mass is 10.0. The van der Waals surface area contributed by atoms with Crippen LogP contribution in [0.4, 0.5) is 5.69 Å². The standard InChI is InChI=1S/C23H40NOSi/c1-4-5-6-7-8-14-22(26(2)3)16-19-25-20-18-24-17-11-13-21-12-9-10-15-23(21)24/h9-10,12,15,22H,4-8,11,13-14,16-20H2,1-3H3. The van der Waals surface area contributed by atoms with E-state index in [1.165, 1.54) is 75.6 Å². The van der Waals surface area contributed by atoms with Crippen LogP contribution in [0.5, 0.6) is 0 Å². The van der Waals surface area contributed by atoms with E-state index >= 15 is 0 Å². The van der Waals surface area contributed by atoms with Crippen molar-refractivity contribution in [3.63, 3.8) is 0 Å². The molecule has 0 amide bonds. The fourth-order valence-electron chi connectivity index (χ4n) is 4.06. The van der Waals surface area contributed by atoms with Crippen molar-refractivity contribution in [2.24, 2.45) is 0 Å². The van der Waals surface area contributed by atoms with Gasteiger partial charge in [-0.15, -0.1) is 0 Å². The van der Waals surface area contributed by atoms with Gasteiger partial charge in [0.15, 0.2) is 0 Å². The van der Waals surface area contributed by atoms with Crippen LogP contribution in [0.1, 0.15) is 63.9 Å². The molecule has 1 aliphatic heterocycles. The van der Waals surface area contributed by atoms with Gasteiger partial charge in [-0.2, -0.15) is 0 Å². The van der Waals surface area contributed by atoms with E-state index in [-0.39, 0.29) is 8.80 Å². The van der Waals surface area contributed by atoms with Crippen molar-refractivity contribution in [3.8, 4) is 0 Å². The second kappa shape index (κ2) is 12.6. The third-order valence-electron chi connectivity index (χ3n) is 5.80. The number of aryl methyl sites for hydroxylation is 1. The van der Waals surface area contributed by atoms with Gasteiger partial charge in [0.05, 0.1) is 6.61 Å². The van der Waals surface area contributed by atoms with E-state index in [0.717, 1.165) is 25.3 Å². The first-order chi connectivity index (χ1) is 12.7. The van der Waals surface area contributed by atoms with Crippen molar-refractivity contribution in [1.82, 2.24) is 0 Å². The summed E-state index contributed by atoms with van der Waals surface area (Å²) in [6.45, 7) is 11.3. The lowest BCUT2D eigenvalue weighted by Crippen LogP contribution is -2.32. The van der Waals surface area contributed by atoms with Gasteiger partial charge in [0.25, 0.3) is 0 Å². The van der Waals surface area contributed by atoms with Gasteiger partial charge in [0.2, 0.25) is 0 Å². The number of ether oxygens (including phenoxy) is 1. The second-order valence-corrected chi connectivity index (χ2v) is 11.1. The Morgan fingerprint density at radius 2 is 1.85 bits per heavy atom. The molecule has 1 unspecified atom stereocenters. The number of para-hydroxylation sites is 1. The molecule has 26 heavy (non-hydrogen) atoms. The average molecular weight is 375 g/mol. The maximum absolute atomic E-state index is 6.05. The Labute approximate surface area is 163 Å². The van der Waals surface area contributed by atoms with Gasteiger partial charge in [-0.05, 0) is 36.4 Å². The summed E-state index contributed by atoms with van der Waals surface area (Å²) in [4.78, 5) is 2.51. The topological polar surface area (TPSA) is 12.5 Å². The minimum absolute atomic E-state index is 0.203. The predicted molar refractivity (Wildman–Crippen MR) is 117 cm³/mol. The molecule has 2 rings (SSSR count). The van der Waals surface area contributed by atoms with Crippen LogP contribution in [0.15, 0.2) is 24.3 Å². The van der Waals surface area contributed by atoms with Gasteiger partial charge in [-0.1, -0.05) is 76.7 Å². The molecule has 1 atom stereocenters. The number of benzene rings is 1. The van der Waals surface area contributed by atoms with Crippen molar-refractivity contribution in [2.45, 2.75) is 83.3 Å². The predicted octanol–water partition coefficient (Wildman–Crippen LogP) is 6.33. The van der Waals surface area contributed by atoms with E-state index in [2.05, 4.69) is 49.2 Å². The monoisotopic (exact) mass is 374 g/mol. The van der Waals surface area contributed by atoms with Crippen LogP contribution in [0.25, 0.3) is 0 Å². The van der Waals surface area contributed by atoms with Crippen LogP contribution in [0.3, 0.4) is 0 Å². The molecule has 147 valence electrons. The van der Waals surface area contributed by atoms with Crippen molar-refractivity contribution >= 4 is 14.5 Å². The molecule has 1 heterocycles. The van der Waals surface area contributed by atoms with E-state index < -0.39 is 0 Å². The molecule has 1 aromatic rings. The summed E-state index contributed by atoms with van der Waals surface area (Å²) in [5.74, 6) is 0. The summed E-state index contributed by atoms with van der Waals surface area (Å²) < 4.78 is 6.05. The van der Waals surface area contributed by atoms with E-state index in [1.807, 2.05) is 0 Å². The molecule has 0 saturated heterocycles. The summed E-state index contributed by atoms with van der Waals surface area (Å²) in [6.07, 6.45) is 12.2. The third-order valence-corrected chi connectivity index (χ3v) is 8.01. The summed E-state index contributed by atoms with van der Waals surface area (Å²) in [6, 6.07) is 8.87. The first kappa shape index (κ1) is 21.5. The Morgan fingerprint density at radius 1 is 1.04 bits per heavy atom. The molecular formula is C23H40NOSi. The fraction of sp³-hybridized carbons (Fsp3) is 0.739. The zero-order valence-corrected chi connectivity index (χ0v) is 18.4. The smallest absolute Gasteiger partial charge is 0.0641 e. The summed E-state index contributed by atoms with van der Waals surface area (Å²) in [5.41, 5.74) is 3.86. The third kappa shape index (κ3) is 7.44. The molecule has 1 aliphatic rings. The van der Waals surface area contributed by atoms with Crippen LogP contribution < -0.4 is 4.90 Å². The number of hydrogen-bond acceptors (Lipinski definition) is 2. The van der Waals surface area contributed by atoms with Crippen LogP contribution in [-0.2, 0) is 11.2 Å². The molecule has 0 aliphatic carbocycles. The molecule has 0 fully saturated rings. The van der Waals surface area contributed by atoms with Crippen molar-refractivity contribution in [3.05, 3.63) is 29.8 Å². The Bertz CT molecular complexity index is 491. The summed E-state index contributed by atoms with van der Waals surface area (Å²) in [5, 5.41) is 0. The Hall–Kier alpha value is -0.803. The molecule has 2 nitrogen and oxygen atoms in total. The van der Waals surface area contributed by atoms with E-state index in [0.29, 0.717) is 0 Å². The zero-order chi connectivity index (χ0) is 18.6. The van der Waals surface area contributed by atoms with Gasteiger partial charge in [0, 0.05) is 34.2 Å². The fourth-order valence-corrected chi connectivity index (χ4v) is 5.54. The van der Waals surface area contributed by atoms with Gasteiger partial charge < -0.3 is 9.64 Å². The Balaban J connectivity index is 1.61. The van der Waals surface area contributed by atoms with Crippen molar-refractivity contribution in [1.29, 1.82) is 0 Å². The van der Waals surface area contributed by atoms with Crippen LogP contribution >= 0.6 is 0 Å². The first-order valence-corrected chi connectivity index (χ1v) is 13.5. The largest absolute Gasteiger partial charge is 0.380 e. The maximum atomic E-state index is 6.05. The van der Waals surface area contributed by atoms with Crippen molar-refractivity contribution in [2.75, 3.05) is 31.2 Å². The average Bonchev–Trinajstić information content (AvgIpc) is 2.65. The van der Waals surface area contributed by atoms with Crippen LogP contribution in [0, 0.1) is 0 Å². The molecule has 0 bridgehead atoms. The van der Waals surface area contributed by atoms with Crippen LogP contribution in [-0.4, -0.2) is 35.1 Å². The van der Waals surface area contributed by atoms with Gasteiger partial charge >= 0.3 is 0 Å². The molecule has 0 saturated carbocycles. The number of hydrogen-bond donors (Lipinski definition) is 0. The second-order valence-electron chi connectivity index (χ2n) is 8.10. The molecule has 0 N–H and O–H groups in total. The van der Waals surface area contributed by atoms with Gasteiger partial charge in [0.1, 0.15) is 0 Å². The Morgan fingerprint density at radius 3 is 2.65 bits per heavy atom. The number of anilines is 1. The number of unbranched alkanes of at least 4 members (excludes halogenated alkanes) is 4. The van der Waals surface area contributed by atoms with Crippen molar-refractivity contribution < 1.29 is 4.74 Å². The summed E-state index contributed by atoms with van der Waals surface area (Å²) in [7, 11) is -0.203. The number of fused-ring (bicyclic) bond motifs is 1. The highest BCUT2D eigenvalue weighted by Gasteiger charge is 2.16. The Kier molecular flexibility index (Phi) is 10.4.